The molecule has 0 aliphatic heterocycles. The van der Waals surface area contributed by atoms with Gasteiger partial charge in [-0.25, -0.2) is 4.39 Å². The van der Waals surface area contributed by atoms with Gasteiger partial charge >= 0.3 is 0 Å². The van der Waals surface area contributed by atoms with E-state index < -0.39 is 27.9 Å². The second-order valence-electron chi connectivity index (χ2n) is 7.71. The summed E-state index contributed by atoms with van der Waals surface area (Å²) in [6, 6.07) is 15.4. The van der Waals surface area contributed by atoms with E-state index in [1.54, 1.807) is 36.4 Å². The van der Waals surface area contributed by atoms with Crippen LogP contribution in [0.5, 0.6) is 0 Å². The van der Waals surface area contributed by atoms with Crippen LogP contribution in [-0.2, 0) is 11.2 Å². The Morgan fingerprint density at radius 3 is 2.27 bits per heavy atom. The van der Waals surface area contributed by atoms with Crippen LogP contribution in [0.15, 0.2) is 60.7 Å². The molecule has 33 heavy (non-hydrogen) atoms. The van der Waals surface area contributed by atoms with Gasteiger partial charge in [-0.3, -0.25) is 9.59 Å². The van der Waals surface area contributed by atoms with Crippen LogP contribution in [0.1, 0.15) is 27.4 Å². The lowest BCUT2D eigenvalue weighted by atomic mass is 10.0. The maximum absolute atomic E-state index is 13.9. The SMILES string of the molecule is O=C(Cc1ccccc1F)c1cc(NC(=O)C2C(c3cc(Cl)cc(Cl)c3)C2(Cl)Cl)ccc1Cl. The molecule has 0 radical (unpaired) electrons. The quantitative estimate of drug-likeness (QED) is 0.254. The Balaban J connectivity index is 1.52. The number of halogens is 6. The number of hydrogen-bond donors (Lipinski definition) is 1. The Kier molecular flexibility index (Phi) is 6.95. The van der Waals surface area contributed by atoms with Crippen molar-refractivity contribution < 1.29 is 14.0 Å². The molecule has 0 heterocycles. The van der Waals surface area contributed by atoms with E-state index in [1.807, 2.05) is 0 Å². The van der Waals surface area contributed by atoms with Crippen LogP contribution in [0.2, 0.25) is 15.1 Å². The predicted octanol–water partition coefficient (Wildman–Crippen LogP) is 7.74. The van der Waals surface area contributed by atoms with Crippen molar-refractivity contribution in [2.75, 3.05) is 5.32 Å². The summed E-state index contributed by atoms with van der Waals surface area (Å²) in [7, 11) is 0. The largest absolute Gasteiger partial charge is 0.326 e. The molecule has 0 aromatic heterocycles. The van der Waals surface area contributed by atoms with Gasteiger partial charge < -0.3 is 5.32 Å². The fourth-order valence-corrected chi connectivity index (χ4v) is 5.36. The second-order valence-corrected chi connectivity index (χ2v) is 10.4. The highest BCUT2D eigenvalue weighted by molar-refractivity contribution is 6.53. The van der Waals surface area contributed by atoms with E-state index in [9.17, 15) is 14.0 Å². The first-order chi connectivity index (χ1) is 15.6. The number of amides is 1. The zero-order valence-electron chi connectivity index (χ0n) is 16.7. The van der Waals surface area contributed by atoms with Gasteiger partial charge in [0.05, 0.1) is 10.9 Å². The average Bonchev–Trinajstić information content (AvgIpc) is 3.32. The number of alkyl halides is 2. The van der Waals surface area contributed by atoms with E-state index in [1.165, 1.54) is 24.3 Å². The highest BCUT2D eigenvalue weighted by Crippen LogP contribution is 2.65. The zero-order chi connectivity index (χ0) is 23.9. The standard InChI is InChI=1S/C24H15Cl5FNO2/c25-14-7-13(8-15(26)10-14)21-22(24(21,28)29)23(33)31-16-5-6-18(27)17(11-16)20(32)9-12-3-1-2-4-19(12)30/h1-8,10-11,21-22H,9H2,(H,31,33). The third kappa shape index (κ3) is 5.16. The number of Topliss-reactive ketones (excluding diaryl/α,β-unsaturated/α-hetero) is 1. The molecule has 2 atom stereocenters. The van der Waals surface area contributed by atoms with Gasteiger partial charge in [0.25, 0.3) is 0 Å². The number of carbonyl (C=O) groups is 2. The van der Waals surface area contributed by atoms with Crippen molar-refractivity contribution in [3.8, 4) is 0 Å². The van der Waals surface area contributed by atoms with Crippen molar-refractivity contribution >= 4 is 75.4 Å². The van der Waals surface area contributed by atoms with Crippen molar-refractivity contribution in [3.05, 3.63) is 98.2 Å². The summed E-state index contributed by atoms with van der Waals surface area (Å²) in [6.07, 6.45) is -0.170. The lowest BCUT2D eigenvalue weighted by Crippen LogP contribution is -2.17. The van der Waals surface area contributed by atoms with Crippen molar-refractivity contribution in [1.29, 1.82) is 0 Å². The number of ketones is 1. The molecule has 0 saturated heterocycles. The smallest absolute Gasteiger partial charge is 0.231 e. The van der Waals surface area contributed by atoms with Crippen molar-refractivity contribution in [1.82, 2.24) is 0 Å². The Morgan fingerprint density at radius 1 is 0.939 bits per heavy atom. The minimum Gasteiger partial charge on any atom is -0.326 e. The van der Waals surface area contributed by atoms with Gasteiger partial charge in [-0.1, -0.05) is 53.0 Å². The van der Waals surface area contributed by atoms with Crippen LogP contribution in [0, 0.1) is 11.7 Å². The highest BCUT2D eigenvalue weighted by Gasteiger charge is 2.67. The first-order valence-electron chi connectivity index (χ1n) is 9.78. The van der Waals surface area contributed by atoms with E-state index in [0.717, 1.165) is 0 Å². The number of rotatable bonds is 6. The van der Waals surface area contributed by atoms with E-state index >= 15 is 0 Å². The van der Waals surface area contributed by atoms with Crippen LogP contribution >= 0.6 is 58.0 Å². The Hall–Kier alpha value is -1.82. The molecule has 3 aromatic rings. The minimum absolute atomic E-state index is 0.162. The summed E-state index contributed by atoms with van der Waals surface area (Å²) in [5.74, 6) is -2.57. The van der Waals surface area contributed by atoms with E-state index in [-0.39, 0.29) is 28.4 Å². The zero-order valence-corrected chi connectivity index (χ0v) is 20.5. The minimum atomic E-state index is -1.34. The van der Waals surface area contributed by atoms with E-state index in [4.69, 9.17) is 58.0 Å². The molecule has 9 heteroatoms. The molecule has 1 saturated carbocycles. The molecular weight excluding hydrogens is 531 g/mol. The normalized spacial score (nSPS) is 18.6. The van der Waals surface area contributed by atoms with Crippen molar-refractivity contribution in [3.63, 3.8) is 0 Å². The van der Waals surface area contributed by atoms with Gasteiger partial charge in [0, 0.05) is 33.6 Å². The lowest BCUT2D eigenvalue weighted by molar-refractivity contribution is -0.117. The number of hydrogen-bond acceptors (Lipinski definition) is 2. The first-order valence-corrected chi connectivity index (χ1v) is 11.7. The molecule has 170 valence electrons. The molecule has 1 fully saturated rings. The summed E-state index contributed by atoms with van der Waals surface area (Å²) in [5.41, 5.74) is 1.40. The van der Waals surface area contributed by atoms with Crippen LogP contribution in [0.4, 0.5) is 10.1 Å². The molecule has 4 rings (SSSR count). The third-order valence-electron chi connectivity index (χ3n) is 5.42. The van der Waals surface area contributed by atoms with Gasteiger partial charge in [-0.05, 0) is 53.6 Å². The third-order valence-corrected chi connectivity index (χ3v) is 7.13. The van der Waals surface area contributed by atoms with Gasteiger partial charge in [0.15, 0.2) is 5.78 Å². The maximum atomic E-state index is 13.9. The van der Waals surface area contributed by atoms with Crippen molar-refractivity contribution in [2.24, 2.45) is 5.92 Å². The molecule has 1 aliphatic rings. The highest BCUT2D eigenvalue weighted by atomic mass is 35.5. The van der Waals surface area contributed by atoms with Crippen LogP contribution < -0.4 is 5.32 Å². The maximum Gasteiger partial charge on any atom is 0.231 e. The first kappa shape index (κ1) is 24.3. The molecular formula is C24H15Cl5FNO2. The van der Waals surface area contributed by atoms with Crippen LogP contribution in [-0.4, -0.2) is 16.0 Å². The van der Waals surface area contributed by atoms with Gasteiger partial charge in [-0.2, -0.15) is 0 Å². The molecule has 1 amide bonds. The lowest BCUT2D eigenvalue weighted by Gasteiger charge is -2.10. The second kappa shape index (κ2) is 9.44. The summed E-state index contributed by atoms with van der Waals surface area (Å²) >= 11 is 31.1. The molecule has 2 unspecified atom stereocenters. The van der Waals surface area contributed by atoms with Crippen LogP contribution in [0.25, 0.3) is 0 Å². The molecule has 3 nitrogen and oxygen atoms in total. The summed E-state index contributed by atoms with van der Waals surface area (Å²) in [5, 5.41) is 3.73. The van der Waals surface area contributed by atoms with Gasteiger partial charge in [-0.15, -0.1) is 23.2 Å². The predicted molar refractivity (Wildman–Crippen MR) is 132 cm³/mol. The topological polar surface area (TPSA) is 46.2 Å². The monoisotopic (exact) mass is 543 g/mol. The fraction of sp³-hybridized carbons (Fsp3) is 0.167. The molecule has 0 spiro atoms. The van der Waals surface area contributed by atoms with Crippen LogP contribution in [0.3, 0.4) is 0 Å². The van der Waals surface area contributed by atoms with E-state index in [2.05, 4.69) is 5.32 Å². The molecule has 0 bridgehead atoms. The van der Waals surface area contributed by atoms with Crippen molar-refractivity contribution in [2.45, 2.75) is 16.7 Å². The number of benzene rings is 3. The number of nitrogens with one attached hydrogen (secondary N) is 1. The van der Waals surface area contributed by atoms with E-state index in [0.29, 0.717) is 21.3 Å². The summed E-state index contributed by atoms with van der Waals surface area (Å²) in [6.45, 7) is 0. The number of carbonyl (C=O) groups excluding carboxylic acids is 2. The van der Waals surface area contributed by atoms with Gasteiger partial charge in [0.2, 0.25) is 5.91 Å². The summed E-state index contributed by atoms with van der Waals surface area (Å²) < 4.78 is 12.6. The number of anilines is 1. The molecule has 1 aliphatic carbocycles. The summed E-state index contributed by atoms with van der Waals surface area (Å²) in [4.78, 5) is 25.7. The average molecular weight is 546 g/mol. The Bertz CT molecular complexity index is 1240. The Labute approximate surface area is 214 Å². The fourth-order valence-electron chi connectivity index (χ4n) is 3.77. The molecule has 3 aromatic carbocycles. The van der Waals surface area contributed by atoms with Gasteiger partial charge in [0.1, 0.15) is 10.2 Å². The molecule has 1 N–H and O–H groups in total. The Morgan fingerprint density at radius 2 is 1.61 bits per heavy atom.